The van der Waals surface area contributed by atoms with Crippen molar-refractivity contribution in [2.75, 3.05) is 5.75 Å². The van der Waals surface area contributed by atoms with Crippen LogP contribution in [0, 0.1) is 13.8 Å². The minimum Gasteiger partial charge on any atom is -0.352 e. The van der Waals surface area contributed by atoms with Crippen molar-refractivity contribution in [1.29, 1.82) is 0 Å². The summed E-state index contributed by atoms with van der Waals surface area (Å²) >= 11 is 8.04. The number of nitrogens with one attached hydrogen (secondary N) is 1. The zero-order valence-electron chi connectivity index (χ0n) is 21.5. The summed E-state index contributed by atoms with van der Waals surface area (Å²) in [5.41, 5.74) is 5.45. The van der Waals surface area contributed by atoms with Crippen molar-refractivity contribution in [2.45, 2.75) is 58.5 Å². The third-order valence-electron chi connectivity index (χ3n) is 5.78. The van der Waals surface area contributed by atoms with Gasteiger partial charge in [0.1, 0.15) is 6.04 Å². The van der Waals surface area contributed by atoms with Crippen molar-refractivity contribution < 1.29 is 9.59 Å². The maximum Gasteiger partial charge on any atom is 0.243 e. The Morgan fingerprint density at radius 2 is 1.56 bits per heavy atom. The quantitative estimate of drug-likeness (QED) is 0.319. The summed E-state index contributed by atoms with van der Waals surface area (Å²) < 4.78 is 0. The lowest BCUT2D eigenvalue weighted by Crippen LogP contribution is -2.52. The standard InChI is InChI=1S/C30H35ClN2O2S/c1-21(2)32-30(35)28(17-24-10-6-5-7-11-24)33(18-26-12-8-9-13-27(26)31)29(34)20-36-19-25-15-22(3)14-23(4)16-25/h5-16,21,28H,17-20H2,1-4H3,(H,32,35)/t28-/m0/s1. The maximum atomic E-state index is 13.7. The SMILES string of the molecule is Cc1cc(C)cc(CSCC(=O)N(Cc2ccccc2Cl)[C@@H](Cc2ccccc2)C(=O)NC(C)C)c1. The van der Waals surface area contributed by atoms with E-state index in [4.69, 9.17) is 11.6 Å². The van der Waals surface area contributed by atoms with Gasteiger partial charge in [0.2, 0.25) is 11.8 Å². The molecule has 0 saturated carbocycles. The average molecular weight is 523 g/mol. The van der Waals surface area contributed by atoms with Crippen LogP contribution >= 0.6 is 23.4 Å². The van der Waals surface area contributed by atoms with Gasteiger partial charge < -0.3 is 10.2 Å². The van der Waals surface area contributed by atoms with E-state index in [9.17, 15) is 9.59 Å². The Bertz CT molecular complexity index is 1150. The molecule has 0 fully saturated rings. The van der Waals surface area contributed by atoms with Gasteiger partial charge in [-0.1, -0.05) is 89.5 Å². The third-order valence-corrected chi connectivity index (χ3v) is 7.13. The van der Waals surface area contributed by atoms with E-state index >= 15 is 0 Å². The summed E-state index contributed by atoms with van der Waals surface area (Å²) in [6.07, 6.45) is 0.428. The molecule has 1 atom stereocenters. The highest BCUT2D eigenvalue weighted by Crippen LogP contribution is 2.22. The molecule has 6 heteroatoms. The zero-order valence-corrected chi connectivity index (χ0v) is 23.0. The van der Waals surface area contributed by atoms with Crippen LogP contribution in [0.3, 0.4) is 0 Å². The Morgan fingerprint density at radius 3 is 2.19 bits per heavy atom. The van der Waals surface area contributed by atoms with Crippen LogP contribution in [0.1, 0.15) is 41.7 Å². The maximum absolute atomic E-state index is 13.7. The van der Waals surface area contributed by atoms with E-state index in [1.807, 2.05) is 68.4 Å². The summed E-state index contributed by atoms with van der Waals surface area (Å²) in [5, 5.41) is 3.60. The number of hydrogen-bond acceptors (Lipinski definition) is 3. The van der Waals surface area contributed by atoms with Gasteiger partial charge in [0.25, 0.3) is 0 Å². The number of amides is 2. The Hall–Kier alpha value is -2.76. The number of carbonyl (C=O) groups excluding carboxylic acids is 2. The Kier molecular flexibility index (Phi) is 10.4. The predicted molar refractivity (Wildman–Crippen MR) is 151 cm³/mol. The third kappa shape index (κ3) is 8.42. The summed E-state index contributed by atoms with van der Waals surface area (Å²) in [6.45, 7) is 8.29. The number of aryl methyl sites for hydroxylation is 2. The number of hydrogen-bond donors (Lipinski definition) is 1. The largest absolute Gasteiger partial charge is 0.352 e. The van der Waals surface area contributed by atoms with Gasteiger partial charge in [-0.15, -0.1) is 11.8 Å². The number of rotatable bonds is 11. The first-order valence-corrected chi connectivity index (χ1v) is 13.8. The fraction of sp³-hybridized carbons (Fsp3) is 0.333. The van der Waals surface area contributed by atoms with Gasteiger partial charge in [-0.3, -0.25) is 9.59 Å². The van der Waals surface area contributed by atoms with Gasteiger partial charge in [0.15, 0.2) is 0 Å². The minimum absolute atomic E-state index is 0.0352. The van der Waals surface area contributed by atoms with Gasteiger partial charge in [-0.05, 0) is 50.5 Å². The number of carbonyl (C=O) groups is 2. The topological polar surface area (TPSA) is 49.4 Å². The summed E-state index contributed by atoms with van der Waals surface area (Å²) in [6, 6.07) is 23.1. The molecule has 0 aliphatic carbocycles. The van der Waals surface area contributed by atoms with Crippen LogP contribution in [0.15, 0.2) is 72.8 Å². The first-order valence-electron chi connectivity index (χ1n) is 12.2. The summed E-state index contributed by atoms with van der Waals surface area (Å²) in [5.74, 6) is 0.769. The van der Waals surface area contributed by atoms with Crippen LogP contribution in [0.4, 0.5) is 0 Å². The second kappa shape index (κ2) is 13.5. The molecule has 0 radical (unpaired) electrons. The second-order valence-corrected chi connectivity index (χ2v) is 10.9. The van der Waals surface area contributed by atoms with Crippen molar-refractivity contribution in [3.63, 3.8) is 0 Å². The van der Waals surface area contributed by atoms with Gasteiger partial charge >= 0.3 is 0 Å². The number of benzene rings is 3. The molecule has 2 amide bonds. The molecule has 0 aliphatic heterocycles. The highest BCUT2D eigenvalue weighted by molar-refractivity contribution is 7.99. The molecule has 3 aromatic rings. The van der Waals surface area contributed by atoms with Crippen molar-refractivity contribution in [3.8, 4) is 0 Å². The van der Waals surface area contributed by atoms with Gasteiger partial charge in [-0.25, -0.2) is 0 Å². The van der Waals surface area contributed by atoms with E-state index in [0.717, 1.165) is 16.9 Å². The van der Waals surface area contributed by atoms with Crippen LogP contribution in [-0.2, 0) is 28.3 Å². The molecule has 0 unspecified atom stereocenters. The highest BCUT2D eigenvalue weighted by atomic mass is 35.5. The van der Waals surface area contributed by atoms with E-state index in [1.54, 1.807) is 16.7 Å². The van der Waals surface area contributed by atoms with E-state index in [1.165, 1.54) is 16.7 Å². The first-order chi connectivity index (χ1) is 17.2. The van der Waals surface area contributed by atoms with Crippen LogP contribution in [0.5, 0.6) is 0 Å². The molecule has 3 aromatic carbocycles. The molecule has 0 aliphatic rings. The number of halogens is 1. The zero-order chi connectivity index (χ0) is 26.1. The van der Waals surface area contributed by atoms with Crippen LogP contribution in [0.25, 0.3) is 0 Å². The smallest absolute Gasteiger partial charge is 0.243 e. The van der Waals surface area contributed by atoms with E-state index < -0.39 is 6.04 Å². The molecule has 3 rings (SSSR count). The van der Waals surface area contributed by atoms with Gasteiger partial charge in [0, 0.05) is 29.8 Å². The lowest BCUT2D eigenvalue weighted by atomic mass is 10.0. The minimum atomic E-state index is -0.652. The van der Waals surface area contributed by atoms with Gasteiger partial charge in [-0.2, -0.15) is 0 Å². The van der Waals surface area contributed by atoms with Crippen molar-refractivity contribution in [1.82, 2.24) is 10.2 Å². The lowest BCUT2D eigenvalue weighted by molar-refractivity contribution is -0.139. The molecule has 0 aromatic heterocycles. The molecule has 4 nitrogen and oxygen atoms in total. The molecule has 0 heterocycles. The Morgan fingerprint density at radius 1 is 0.917 bits per heavy atom. The van der Waals surface area contributed by atoms with Crippen molar-refractivity contribution >= 4 is 35.2 Å². The summed E-state index contributed by atoms with van der Waals surface area (Å²) in [4.78, 5) is 28.8. The molecule has 1 N–H and O–H groups in total. The molecular formula is C30H35ClN2O2S. The number of thioether (sulfide) groups is 1. The summed E-state index contributed by atoms with van der Waals surface area (Å²) in [7, 11) is 0. The van der Waals surface area contributed by atoms with Gasteiger partial charge in [0.05, 0.1) is 5.75 Å². The van der Waals surface area contributed by atoms with Crippen LogP contribution in [0.2, 0.25) is 5.02 Å². The molecule has 0 saturated heterocycles. The van der Waals surface area contributed by atoms with Crippen molar-refractivity contribution in [3.05, 3.63) is 106 Å². The Balaban J connectivity index is 1.86. The number of nitrogens with zero attached hydrogens (tertiary/aromatic N) is 1. The Labute approximate surface area is 224 Å². The fourth-order valence-electron chi connectivity index (χ4n) is 4.24. The van der Waals surface area contributed by atoms with Crippen LogP contribution in [-0.4, -0.2) is 34.6 Å². The highest BCUT2D eigenvalue weighted by Gasteiger charge is 2.31. The molecule has 0 bridgehead atoms. The van der Waals surface area contributed by atoms with E-state index in [2.05, 4.69) is 37.4 Å². The molecule has 0 spiro atoms. The van der Waals surface area contributed by atoms with E-state index in [0.29, 0.717) is 11.4 Å². The lowest BCUT2D eigenvalue weighted by Gasteiger charge is -2.32. The normalized spacial score (nSPS) is 11.8. The van der Waals surface area contributed by atoms with E-state index in [-0.39, 0.29) is 30.2 Å². The van der Waals surface area contributed by atoms with Crippen LogP contribution < -0.4 is 5.32 Å². The fourth-order valence-corrected chi connectivity index (χ4v) is 5.28. The molecule has 36 heavy (non-hydrogen) atoms. The molecule has 190 valence electrons. The molecular weight excluding hydrogens is 488 g/mol. The first kappa shape index (κ1) is 27.8. The monoisotopic (exact) mass is 522 g/mol. The predicted octanol–water partition coefficient (Wildman–Crippen LogP) is 6.35. The van der Waals surface area contributed by atoms with Crippen molar-refractivity contribution in [2.24, 2.45) is 0 Å². The average Bonchev–Trinajstić information content (AvgIpc) is 2.82. The second-order valence-electron chi connectivity index (χ2n) is 9.47.